The van der Waals surface area contributed by atoms with Crippen LogP contribution in [0.3, 0.4) is 0 Å². The number of benzene rings is 3. The van der Waals surface area contributed by atoms with Gasteiger partial charge in [0, 0.05) is 0 Å². The highest BCUT2D eigenvalue weighted by Crippen LogP contribution is 2.38. The molecule has 0 unspecified atom stereocenters. The number of amides is 1. The number of carbonyl (C=O) groups excluding carboxylic acids is 1. The van der Waals surface area contributed by atoms with E-state index in [1.54, 1.807) is 10.8 Å². The largest absolute Gasteiger partial charge is 0.506 e. The predicted molar refractivity (Wildman–Crippen MR) is 103 cm³/mol. The van der Waals surface area contributed by atoms with Crippen LogP contribution < -0.4 is 9.03 Å². The second-order valence-electron chi connectivity index (χ2n) is 6.31. The summed E-state index contributed by atoms with van der Waals surface area (Å²) in [6, 6.07) is 19.4. The molecule has 4 rings (SSSR count). The van der Waals surface area contributed by atoms with Crippen molar-refractivity contribution in [2.45, 2.75) is 0 Å². The van der Waals surface area contributed by atoms with Crippen LogP contribution in [-0.2, 0) is 15.0 Å². The Hall–Kier alpha value is -3.39. The summed E-state index contributed by atoms with van der Waals surface area (Å²) in [5, 5.41) is 10.3. The lowest BCUT2D eigenvalue weighted by atomic mass is 9.98. The van der Waals surface area contributed by atoms with Crippen molar-refractivity contribution < 1.29 is 22.7 Å². The predicted octanol–water partition coefficient (Wildman–Crippen LogP) is 3.05. The van der Waals surface area contributed by atoms with Crippen molar-refractivity contribution in [3.8, 4) is 28.0 Å². The standard InChI is InChI=1S/C20H15FN2O4S/c21-17-10-16(11-18(24)20(17)23-12-19(25)22-28(23,26)27)15-8-4-7-14(9-15)13-5-2-1-3-6-13/h1-11,24H,12H2,(H,22,25). The quantitative estimate of drug-likeness (QED) is 0.710. The fourth-order valence-corrected chi connectivity index (χ4v) is 4.32. The number of nitrogens with zero attached hydrogens (tertiary/aromatic N) is 1. The molecular formula is C20H15FN2O4S. The zero-order chi connectivity index (χ0) is 19.9. The minimum absolute atomic E-state index is 0.382. The number of hydrogen-bond acceptors (Lipinski definition) is 4. The molecule has 0 aliphatic carbocycles. The Kier molecular flexibility index (Phi) is 4.27. The van der Waals surface area contributed by atoms with Crippen LogP contribution in [-0.4, -0.2) is 26.0 Å². The van der Waals surface area contributed by atoms with Crippen molar-refractivity contribution in [3.05, 3.63) is 72.5 Å². The van der Waals surface area contributed by atoms with Gasteiger partial charge in [0.05, 0.1) is 0 Å². The van der Waals surface area contributed by atoms with E-state index in [-0.39, 0.29) is 0 Å². The van der Waals surface area contributed by atoms with Crippen LogP contribution in [0.4, 0.5) is 10.1 Å². The monoisotopic (exact) mass is 398 g/mol. The van der Waals surface area contributed by atoms with Crippen LogP contribution in [0, 0.1) is 5.82 Å². The minimum atomic E-state index is -4.22. The summed E-state index contributed by atoms with van der Waals surface area (Å²) in [6.07, 6.45) is 0. The lowest BCUT2D eigenvalue weighted by molar-refractivity contribution is -0.117. The van der Waals surface area contributed by atoms with Gasteiger partial charge in [-0.2, -0.15) is 8.42 Å². The summed E-state index contributed by atoms with van der Waals surface area (Å²) in [5.74, 6) is -2.31. The molecule has 6 nitrogen and oxygen atoms in total. The maximum absolute atomic E-state index is 14.7. The third-order valence-corrected chi connectivity index (χ3v) is 5.79. The first-order chi connectivity index (χ1) is 13.3. The van der Waals surface area contributed by atoms with Crippen molar-refractivity contribution in [3.63, 3.8) is 0 Å². The lowest BCUT2D eigenvalue weighted by Crippen LogP contribution is -2.30. The van der Waals surface area contributed by atoms with Gasteiger partial charge in [0.2, 0.25) is 0 Å². The van der Waals surface area contributed by atoms with Gasteiger partial charge in [-0.05, 0) is 40.5 Å². The molecule has 1 saturated heterocycles. The fourth-order valence-electron chi connectivity index (χ4n) is 3.15. The molecule has 1 aliphatic rings. The summed E-state index contributed by atoms with van der Waals surface area (Å²) in [7, 11) is -4.22. The van der Waals surface area contributed by atoms with E-state index in [9.17, 15) is 22.7 Å². The van der Waals surface area contributed by atoms with E-state index in [0.29, 0.717) is 15.4 Å². The molecule has 28 heavy (non-hydrogen) atoms. The van der Waals surface area contributed by atoms with Crippen LogP contribution in [0.15, 0.2) is 66.7 Å². The number of rotatable bonds is 3. The highest BCUT2D eigenvalue weighted by Gasteiger charge is 2.37. The molecule has 3 aromatic rings. The van der Waals surface area contributed by atoms with Crippen LogP contribution in [0.5, 0.6) is 5.75 Å². The van der Waals surface area contributed by atoms with E-state index in [4.69, 9.17) is 0 Å². The van der Waals surface area contributed by atoms with E-state index >= 15 is 0 Å². The van der Waals surface area contributed by atoms with Crippen molar-refractivity contribution in [2.75, 3.05) is 10.8 Å². The van der Waals surface area contributed by atoms with Crippen LogP contribution >= 0.6 is 0 Å². The number of aromatic hydroxyl groups is 1. The SMILES string of the molecule is O=C1CN(c2c(O)cc(-c3cccc(-c4ccccc4)c3)cc2F)S(=O)(=O)N1. The molecule has 1 amide bonds. The molecule has 0 atom stereocenters. The molecule has 1 aliphatic heterocycles. The molecule has 0 saturated carbocycles. The lowest BCUT2D eigenvalue weighted by Gasteiger charge is -2.18. The smallest absolute Gasteiger partial charge is 0.326 e. The Morgan fingerprint density at radius 3 is 2.14 bits per heavy atom. The number of halogens is 1. The van der Waals surface area contributed by atoms with Crippen molar-refractivity contribution >= 4 is 21.8 Å². The Bertz CT molecular complexity index is 1160. The highest BCUT2D eigenvalue weighted by atomic mass is 32.2. The number of nitrogens with one attached hydrogen (secondary N) is 1. The summed E-state index contributed by atoms with van der Waals surface area (Å²) in [6.45, 7) is -0.588. The van der Waals surface area contributed by atoms with Gasteiger partial charge in [0.1, 0.15) is 18.0 Å². The molecule has 0 radical (unpaired) electrons. The first kappa shape index (κ1) is 18.0. The zero-order valence-electron chi connectivity index (χ0n) is 14.5. The third kappa shape index (κ3) is 3.18. The number of phenolic OH excluding ortho intramolecular Hbond substituents is 1. The molecule has 8 heteroatoms. The molecule has 0 bridgehead atoms. The molecule has 1 fully saturated rings. The van der Waals surface area contributed by atoms with Crippen LogP contribution in [0.1, 0.15) is 0 Å². The summed E-state index contributed by atoms with van der Waals surface area (Å²) in [5.41, 5.74) is 2.38. The second-order valence-corrected chi connectivity index (χ2v) is 7.90. The Balaban J connectivity index is 1.76. The van der Waals surface area contributed by atoms with E-state index in [0.717, 1.165) is 17.2 Å². The van der Waals surface area contributed by atoms with E-state index < -0.39 is 39.9 Å². The molecule has 2 N–H and O–H groups in total. The zero-order valence-corrected chi connectivity index (χ0v) is 15.3. The van der Waals surface area contributed by atoms with Gasteiger partial charge in [0.25, 0.3) is 5.91 Å². The Labute approximate surface area is 161 Å². The van der Waals surface area contributed by atoms with E-state index in [1.807, 2.05) is 48.5 Å². The summed E-state index contributed by atoms with van der Waals surface area (Å²) < 4.78 is 40.9. The van der Waals surface area contributed by atoms with Crippen molar-refractivity contribution in [2.24, 2.45) is 0 Å². The van der Waals surface area contributed by atoms with Gasteiger partial charge in [-0.1, -0.05) is 48.5 Å². The minimum Gasteiger partial charge on any atom is -0.506 e. The molecule has 3 aromatic carbocycles. The first-order valence-corrected chi connectivity index (χ1v) is 9.81. The average molecular weight is 398 g/mol. The van der Waals surface area contributed by atoms with Gasteiger partial charge < -0.3 is 5.11 Å². The highest BCUT2D eigenvalue weighted by molar-refractivity contribution is 7.92. The Morgan fingerprint density at radius 1 is 0.893 bits per heavy atom. The molecule has 0 spiro atoms. The molecule has 142 valence electrons. The van der Waals surface area contributed by atoms with Crippen molar-refractivity contribution in [1.82, 2.24) is 4.72 Å². The summed E-state index contributed by atoms with van der Waals surface area (Å²) >= 11 is 0. The van der Waals surface area contributed by atoms with Crippen LogP contribution in [0.2, 0.25) is 0 Å². The molecule has 0 aromatic heterocycles. The Morgan fingerprint density at radius 2 is 1.54 bits per heavy atom. The van der Waals surface area contributed by atoms with Crippen LogP contribution in [0.25, 0.3) is 22.3 Å². The second kappa shape index (κ2) is 6.65. The van der Waals surface area contributed by atoms with Gasteiger partial charge in [0.15, 0.2) is 5.82 Å². The fraction of sp³-hybridized carbons (Fsp3) is 0.0500. The maximum atomic E-state index is 14.7. The molecule has 1 heterocycles. The number of carbonyl (C=O) groups is 1. The number of phenols is 1. The van der Waals surface area contributed by atoms with E-state index in [2.05, 4.69) is 0 Å². The van der Waals surface area contributed by atoms with E-state index in [1.165, 1.54) is 6.07 Å². The number of anilines is 1. The summed E-state index contributed by atoms with van der Waals surface area (Å²) in [4.78, 5) is 11.4. The first-order valence-electron chi connectivity index (χ1n) is 8.37. The molecular weight excluding hydrogens is 383 g/mol. The van der Waals surface area contributed by atoms with Gasteiger partial charge in [-0.25, -0.2) is 13.4 Å². The normalized spacial score (nSPS) is 15.5. The third-order valence-electron chi connectivity index (χ3n) is 4.42. The maximum Gasteiger partial charge on any atom is 0.326 e. The van der Waals surface area contributed by atoms with Gasteiger partial charge in [-0.3, -0.25) is 4.79 Å². The van der Waals surface area contributed by atoms with Crippen molar-refractivity contribution in [1.29, 1.82) is 0 Å². The average Bonchev–Trinajstić information content (AvgIpc) is 2.94. The van der Waals surface area contributed by atoms with Gasteiger partial charge in [-0.15, -0.1) is 0 Å². The van der Waals surface area contributed by atoms with Gasteiger partial charge >= 0.3 is 10.2 Å². The topological polar surface area (TPSA) is 86.7 Å². The number of hydrogen-bond donors (Lipinski definition) is 2.